The molecule has 0 aromatic carbocycles. The molecule has 0 saturated carbocycles. The summed E-state index contributed by atoms with van der Waals surface area (Å²) in [4.78, 5) is 0. The van der Waals surface area contributed by atoms with Crippen molar-refractivity contribution in [3.8, 4) is 0 Å². The molecule has 18 valence electrons. The van der Waals surface area contributed by atoms with Crippen LogP contribution < -0.4 is 0 Å². The second-order valence-corrected chi connectivity index (χ2v) is 0. The fraction of sp³-hybridized carbons (Fsp3) is 0. The summed E-state index contributed by atoms with van der Waals surface area (Å²) >= 11 is 0.700. The Balaban J connectivity index is -0.00000000500. The Kier molecular flexibility index (Phi) is 91.2. The molecule has 0 saturated heterocycles. The molecule has 4 heteroatoms. The van der Waals surface area contributed by atoms with E-state index in [0.717, 1.165) is 0 Å². The van der Waals surface area contributed by atoms with Crippen molar-refractivity contribution in [3.63, 3.8) is 0 Å². The van der Waals surface area contributed by atoms with Crippen molar-refractivity contribution in [2.45, 2.75) is 0 Å². The number of hydrogen-bond acceptors (Lipinski definition) is 1. The van der Waals surface area contributed by atoms with Crippen LogP contribution in [-0.2, 0) is 44.9 Å². The predicted octanol–water partition coefficient (Wildman–Crippen LogP) is -0.772. The molecule has 0 heterocycles. The largest absolute Gasteiger partial charge is 0 e. The maximum absolute atomic E-state index is 8.26. The van der Waals surface area contributed by atoms with Gasteiger partial charge in [0.15, 0.2) is 0 Å². The van der Waals surface area contributed by atoms with Gasteiger partial charge in [-0.25, -0.2) is 0 Å². The summed E-state index contributed by atoms with van der Waals surface area (Å²) in [6.45, 7) is 0. The molecule has 0 spiro atoms. The van der Waals surface area contributed by atoms with E-state index in [1.165, 1.54) is 0 Å². The van der Waals surface area contributed by atoms with E-state index >= 15 is 0 Å². The molecular weight excluding hydrogens is 167 g/mol. The van der Waals surface area contributed by atoms with E-state index in [2.05, 4.69) is 0 Å². The second kappa shape index (κ2) is 21.4. The van der Waals surface area contributed by atoms with E-state index in [1.807, 2.05) is 0 Å². The molecule has 0 aliphatic carbocycles. The Bertz CT molecular complexity index is 8.00. The topological polar surface area (TPSA) is 17.1 Å². The molecule has 0 N–H and O–H groups in total. The first-order chi connectivity index (χ1) is 1.00. The van der Waals surface area contributed by atoms with Crippen molar-refractivity contribution in [1.29, 1.82) is 0 Å². The van der Waals surface area contributed by atoms with E-state index in [9.17, 15) is 0 Å². The average Bonchev–Trinajstić information content (AvgIpc) is 1.00. The van der Waals surface area contributed by atoms with Crippen molar-refractivity contribution in [1.82, 2.24) is 0 Å². The van der Waals surface area contributed by atoms with Gasteiger partial charge < -0.3 is 0 Å². The van der Waals surface area contributed by atoms with Gasteiger partial charge in [-0.05, 0) is 0 Å². The van der Waals surface area contributed by atoms with Gasteiger partial charge in [-0.1, -0.05) is 0 Å². The smallest absolute Gasteiger partial charge is 0 e. The monoisotopic (exact) mass is 170 g/mol. The Morgan fingerprint density at radius 2 is 1.25 bits per heavy atom. The molecule has 1 nitrogen and oxygen atoms in total. The van der Waals surface area contributed by atoms with Crippen molar-refractivity contribution < 1.29 is 44.9 Å². The van der Waals surface area contributed by atoms with Crippen LogP contribution >= 0.6 is 0 Å². The fourth-order valence-electron chi connectivity index (χ4n) is 0. The van der Waals surface area contributed by atoms with Crippen LogP contribution in [0.2, 0.25) is 0 Å². The first-order valence-corrected chi connectivity index (χ1v) is 0.986. The second-order valence-electron chi connectivity index (χ2n) is 0. The van der Waals surface area contributed by atoms with Crippen LogP contribution in [0.1, 0.15) is 0 Å². The molecule has 0 atom stereocenters. The minimum absolute atomic E-state index is 0. The third-order valence-electron chi connectivity index (χ3n) is 0. The number of hydrogen-bond donors (Lipinski definition) is 0. The summed E-state index contributed by atoms with van der Waals surface area (Å²) in [6, 6.07) is 0. The standard InChI is InChI=1S/Li.Mo.O.Ti.H. The summed E-state index contributed by atoms with van der Waals surface area (Å²) in [5, 5.41) is 0. The Morgan fingerprint density at radius 1 is 1.25 bits per heavy atom. The summed E-state index contributed by atoms with van der Waals surface area (Å²) in [5.41, 5.74) is 0. The molecule has 0 aliphatic rings. The minimum Gasteiger partial charge on any atom is 0 e. The van der Waals surface area contributed by atoms with Gasteiger partial charge >= 0.3 is 42.0 Å². The van der Waals surface area contributed by atoms with Gasteiger partial charge in [0.1, 0.15) is 0 Å². The van der Waals surface area contributed by atoms with Gasteiger partial charge in [-0.3, -0.25) is 0 Å². The van der Waals surface area contributed by atoms with Crippen LogP contribution in [0.4, 0.5) is 0 Å². The normalized spacial score (nSPS) is 1.00. The van der Waals surface area contributed by atoms with Crippen molar-refractivity contribution in [2.75, 3.05) is 0 Å². The summed E-state index contributed by atoms with van der Waals surface area (Å²) in [6.07, 6.45) is 0. The van der Waals surface area contributed by atoms with Crippen LogP contribution in [0.5, 0.6) is 0 Å². The van der Waals surface area contributed by atoms with Crippen molar-refractivity contribution in [2.24, 2.45) is 0 Å². The van der Waals surface area contributed by atoms with E-state index in [0.29, 0.717) is 19.8 Å². The number of rotatable bonds is 0. The van der Waals surface area contributed by atoms with Gasteiger partial charge in [0, 0.05) is 21.7 Å². The minimum atomic E-state index is 0. The Hall–Kier alpha value is 1.80. The van der Waals surface area contributed by atoms with E-state index in [1.54, 1.807) is 0 Å². The van der Waals surface area contributed by atoms with E-state index in [4.69, 9.17) is 3.40 Å². The van der Waals surface area contributed by atoms with Gasteiger partial charge in [0.2, 0.25) is 0 Å². The van der Waals surface area contributed by atoms with Crippen molar-refractivity contribution >= 4 is 18.9 Å². The average molecular weight is 168 g/mol. The Labute approximate surface area is 63.2 Å². The van der Waals surface area contributed by atoms with Gasteiger partial charge in [-0.2, -0.15) is 0 Å². The first-order valence-electron chi connectivity index (χ1n) is 0.167. The van der Waals surface area contributed by atoms with Crippen LogP contribution in [0.25, 0.3) is 0 Å². The van der Waals surface area contributed by atoms with Crippen LogP contribution in [0.3, 0.4) is 0 Å². The van der Waals surface area contributed by atoms with Crippen LogP contribution in [0.15, 0.2) is 0 Å². The zero-order valence-electron chi connectivity index (χ0n) is 1.32. The Morgan fingerprint density at radius 3 is 1.25 bits per heavy atom. The first kappa shape index (κ1) is 17.0. The van der Waals surface area contributed by atoms with Crippen LogP contribution in [-0.4, -0.2) is 18.9 Å². The fourth-order valence-corrected chi connectivity index (χ4v) is 0. The maximum Gasteiger partial charge on any atom is 0 e. The van der Waals surface area contributed by atoms with Gasteiger partial charge in [0.05, 0.1) is 0 Å². The predicted molar refractivity (Wildman–Crippen MR) is 7.84 cm³/mol. The quantitative estimate of drug-likeness (QED) is 0.433. The maximum atomic E-state index is 8.26. The third kappa shape index (κ3) is 9.20. The zero-order chi connectivity index (χ0) is 2.00. The SMILES string of the molecule is [LiH].[O]=[Mo].[Ti]. The molecule has 4 heavy (non-hydrogen) atoms. The molecule has 0 radical (unpaired) electrons. The molecule has 0 aliphatic heterocycles. The van der Waals surface area contributed by atoms with Crippen LogP contribution in [0, 0.1) is 0 Å². The van der Waals surface area contributed by atoms with Gasteiger partial charge in [-0.15, -0.1) is 0 Å². The molecular formula is HLiMoOTi. The van der Waals surface area contributed by atoms with Gasteiger partial charge in [0.25, 0.3) is 0 Å². The van der Waals surface area contributed by atoms with E-state index in [-0.39, 0.29) is 40.6 Å². The summed E-state index contributed by atoms with van der Waals surface area (Å²) in [5.74, 6) is 0. The van der Waals surface area contributed by atoms with E-state index < -0.39 is 0 Å². The molecule has 0 aromatic heterocycles. The molecule has 0 unspecified atom stereocenters. The molecule has 0 aromatic rings. The molecule has 0 amide bonds. The zero-order valence-corrected chi connectivity index (χ0v) is 4.89. The molecule has 0 fully saturated rings. The molecule has 0 rings (SSSR count). The van der Waals surface area contributed by atoms with Crippen molar-refractivity contribution in [3.05, 3.63) is 0 Å². The third-order valence-corrected chi connectivity index (χ3v) is 0. The molecule has 0 bridgehead atoms. The summed E-state index contributed by atoms with van der Waals surface area (Å²) < 4.78 is 8.26. The summed E-state index contributed by atoms with van der Waals surface area (Å²) in [7, 11) is 0.